The van der Waals surface area contributed by atoms with Crippen LogP contribution in [0.4, 0.5) is 0 Å². The van der Waals surface area contributed by atoms with Crippen LogP contribution in [0, 0.1) is 5.92 Å². The van der Waals surface area contributed by atoms with E-state index in [4.69, 9.17) is 0 Å². The van der Waals surface area contributed by atoms with Crippen molar-refractivity contribution in [2.24, 2.45) is 5.92 Å². The molecule has 3 atom stereocenters. The van der Waals surface area contributed by atoms with E-state index < -0.39 is 0 Å². The molecule has 0 aliphatic heterocycles. The number of hydrogen-bond donors (Lipinski definition) is 1. The summed E-state index contributed by atoms with van der Waals surface area (Å²) in [7, 11) is 0. The first kappa shape index (κ1) is 11.9. The molecule has 0 amide bonds. The smallest absolute Gasteiger partial charge is 0.0795 e. The average molecular weight is 258 g/mol. The maximum atomic E-state index is 4.48. The van der Waals surface area contributed by atoms with E-state index in [-0.39, 0.29) is 0 Å². The van der Waals surface area contributed by atoms with Crippen molar-refractivity contribution in [3.05, 3.63) is 52.5 Å². The number of aromatic nitrogens is 1. The van der Waals surface area contributed by atoms with Gasteiger partial charge in [-0.25, -0.2) is 4.98 Å². The monoisotopic (exact) mass is 258 g/mol. The summed E-state index contributed by atoms with van der Waals surface area (Å²) >= 11 is 1.68. The zero-order valence-electron chi connectivity index (χ0n) is 10.5. The summed E-state index contributed by atoms with van der Waals surface area (Å²) in [6.45, 7) is 3.17. The predicted molar refractivity (Wildman–Crippen MR) is 75.8 cm³/mol. The molecule has 0 spiro atoms. The number of nitrogens with zero attached hydrogens (tertiary/aromatic N) is 1. The summed E-state index contributed by atoms with van der Waals surface area (Å²) in [4.78, 5) is 4.48. The molecule has 18 heavy (non-hydrogen) atoms. The van der Waals surface area contributed by atoms with Gasteiger partial charge in [-0.05, 0) is 30.4 Å². The lowest BCUT2D eigenvalue weighted by Gasteiger charge is -2.15. The summed E-state index contributed by atoms with van der Waals surface area (Å²) in [5.74, 6) is 1.41. The van der Waals surface area contributed by atoms with Crippen LogP contribution < -0.4 is 5.32 Å². The zero-order chi connectivity index (χ0) is 12.4. The van der Waals surface area contributed by atoms with Crippen molar-refractivity contribution in [3.8, 4) is 0 Å². The van der Waals surface area contributed by atoms with E-state index in [2.05, 4.69) is 52.9 Å². The third-order valence-corrected chi connectivity index (χ3v) is 4.29. The molecule has 0 radical (unpaired) electrons. The van der Waals surface area contributed by atoms with Crippen LogP contribution in [0.3, 0.4) is 0 Å². The number of nitrogens with one attached hydrogen (secondary N) is 1. The van der Waals surface area contributed by atoms with Crippen molar-refractivity contribution in [2.45, 2.75) is 25.3 Å². The minimum atomic E-state index is 0.423. The minimum absolute atomic E-state index is 0.423. The largest absolute Gasteiger partial charge is 0.309 e. The molecule has 3 unspecified atom stereocenters. The zero-order valence-corrected chi connectivity index (χ0v) is 11.4. The van der Waals surface area contributed by atoms with Crippen LogP contribution in [-0.2, 0) is 0 Å². The normalized spacial score (nSPS) is 23.8. The quantitative estimate of drug-likeness (QED) is 0.886. The first-order valence-corrected chi connectivity index (χ1v) is 7.51. The SMILES string of the molecule is CCNC(c1cscn1)C1CC1c1ccccc1. The molecule has 3 heteroatoms. The van der Waals surface area contributed by atoms with Crippen molar-refractivity contribution in [1.29, 1.82) is 0 Å². The van der Waals surface area contributed by atoms with E-state index in [0.29, 0.717) is 17.9 Å². The maximum Gasteiger partial charge on any atom is 0.0795 e. The fraction of sp³-hybridized carbons (Fsp3) is 0.400. The number of benzene rings is 1. The fourth-order valence-electron chi connectivity index (χ4n) is 2.74. The van der Waals surface area contributed by atoms with Crippen LogP contribution in [0.5, 0.6) is 0 Å². The Morgan fingerprint density at radius 3 is 2.89 bits per heavy atom. The molecule has 1 saturated carbocycles. The molecule has 1 aliphatic rings. The second-order valence-electron chi connectivity index (χ2n) is 4.87. The second kappa shape index (κ2) is 5.21. The van der Waals surface area contributed by atoms with E-state index in [1.165, 1.54) is 17.7 Å². The molecule has 2 nitrogen and oxygen atoms in total. The number of thiazole rings is 1. The summed E-state index contributed by atoms with van der Waals surface area (Å²) in [6, 6.07) is 11.3. The Labute approximate surface area is 112 Å². The highest BCUT2D eigenvalue weighted by molar-refractivity contribution is 7.07. The predicted octanol–water partition coefficient (Wildman–Crippen LogP) is 3.60. The van der Waals surface area contributed by atoms with Crippen LogP contribution in [0.2, 0.25) is 0 Å². The highest BCUT2D eigenvalue weighted by atomic mass is 32.1. The van der Waals surface area contributed by atoms with Crippen LogP contribution in [0.15, 0.2) is 41.2 Å². The van der Waals surface area contributed by atoms with Gasteiger partial charge < -0.3 is 5.32 Å². The molecule has 94 valence electrons. The second-order valence-corrected chi connectivity index (χ2v) is 5.58. The van der Waals surface area contributed by atoms with E-state index >= 15 is 0 Å². The average Bonchev–Trinajstić information content (AvgIpc) is 3.02. The topological polar surface area (TPSA) is 24.9 Å². The molecule has 1 fully saturated rings. The van der Waals surface area contributed by atoms with Gasteiger partial charge in [0.05, 0.1) is 17.2 Å². The van der Waals surface area contributed by atoms with Crippen molar-refractivity contribution >= 4 is 11.3 Å². The van der Waals surface area contributed by atoms with E-state index in [1.807, 2.05) is 5.51 Å². The lowest BCUT2D eigenvalue weighted by molar-refractivity contribution is 0.478. The van der Waals surface area contributed by atoms with Crippen molar-refractivity contribution in [1.82, 2.24) is 10.3 Å². The van der Waals surface area contributed by atoms with E-state index in [9.17, 15) is 0 Å². The van der Waals surface area contributed by atoms with Crippen LogP contribution >= 0.6 is 11.3 Å². The Kier molecular flexibility index (Phi) is 3.43. The van der Waals surface area contributed by atoms with Crippen molar-refractivity contribution < 1.29 is 0 Å². The van der Waals surface area contributed by atoms with Gasteiger partial charge in [-0.1, -0.05) is 37.3 Å². The van der Waals surface area contributed by atoms with Crippen molar-refractivity contribution in [2.75, 3.05) is 6.54 Å². The maximum absolute atomic E-state index is 4.48. The lowest BCUT2D eigenvalue weighted by Crippen LogP contribution is -2.23. The van der Waals surface area contributed by atoms with Gasteiger partial charge in [0.15, 0.2) is 0 Å². The van der Waals surface area contributed by atoms with Crippen LogP contribution in [0.25, 0.3) is 0 Å². The molecule has 1 N–H and O–H groups in total. The number of rotatable bonds is 5. The molecule has 1 heterocycles. The molecule has 3 rings (SSSR count). The molecule has 1 aliphatic carbocycles. The Bertz CT molecular complexity index is 480. The molecular formula is C15H18N2S. The lowest BCUT2D eigenvalue weighted by atomic mass is 10.0. The number of hydrogen-bond acceptors (Lipinski definition) is 3. The molecule has 1 aromatic carbocycles. The fourth-order valence-corrected chi connectivity index (χ4v) is 3.33. The first-order chi connectivity index (χ1) is 8.90. The summed E-state index contributed by atoms with van der Waals surface area (Å²) in [6.07, 6.45) is 1.28. The van der Waals surface area contributed by atoms with Gasteiger partial charge in [0.1, 0.15) is 0 Å². The Morgan fingerprint density at radius 1 is 1.39 bits per heavy atom. The Hall–Kier alpha value is -1.19. The van der Waals surface area contributed by atoms with Gasteiger partial charge >= 0.3 is 0 Å². The highest BCUT2D eigenvalue weighted by Crippen LogP contribution is 2.53. The summed E-state index contributed by atoms with van der Waals surface area (Å²) in [5.41, 5.74) is 4.62. The minimum Gasteiger partial charge on any atom is -0.309 e. The van der Waals surface area contributed by atoms with E-state index in [0.717, 1.165) is 6.54 Å². The first-order valence-electron chi connectivity index (χ1n) is 6.56. The van der Waals surface area contributed by atoms with Gasteiger partial charge in [-0.2, -0.15) is 0 Å². The van der Waals surface area contributed by atoms with Gasteiger partial charge in [-0.3, -0.25) is 0 Å². The third kappa shape index (κ3) is 2.33. The summed E-state index contributed by atoms with van der Waals surface area (Å²) in [5, 5.41) is 5.77. The standard InChI is InChI=1S/C15H18N2S/c1-2-16-15(14-9-18-10-17-14)13-8-12(13)11-6-4-3-5-7-11/h3-7,9-10,12-13,15-16H,2,8H2,1H3. The molecule has 2 aromatic rings. The molecule has 1 aromatic heterocycles. The molecule has 0 saturated heterocycles. The summed E-state index contributed by atoms with van der Waals surface area (Å²) < 4.78 is 0. The van der Waals surface area contributed by atoms with Crippen LogP contribution in [0.1, 0.15) is 36.6 Å². The van der Waals surface area contributed by atoms with Gasteiger partial charge in [0, 0.05) is 5.38 Å². The Morgan fingerprint density at radius 2 is 2.22 bits per heavy atom. The Balaban J connectivity index is 1.75. The molecular weight excluding hydrogens is 240 g/mol. The van der Waals surface area contributed by atoms with Gasteiger partial charge in [0.2, 0.25) is 0 Å². The highest BCUT2D eigenvalue weighted by Gasteiger charge is 2.44. The van der Waals surface area contributed by atoms with Gasteiger partial charge in [-0.15, -0.1) is 11.3 Å². The molecule has 0 bridgehead atoms. The van der Waals surface area contributed by atoms with Crippen molar-refractivity contribution in [3.63, 3.8) is 0 Å². The third-order valence-electron chi connectivity index (χ3n) is 3.69. The van der Waals surface area contributed by atoms with Crippen LogP contribution in [-0.4, -0.2) is 11.5 Å². The van der Waals surface area contributed by atoms with E-state index in [1.54, 1.807) is 11.3 Å². The van der Waals surface area contributed by atoms with Gasteiger partial charge in [0.25, 0.3) is 0 Å².